The van der Waals surface area contributed by atoms with Crippen LogP contribution in [-0.2, 0) is 0 Å². The Morgan fingerprint density at radius 3 is 2.65 bits per heavy atom. The van der Waals surface area contributed by atoms with E-state index in [1.165, 1.54) is 25.9 Å². The third kappa shape index (κ3) is 5.18. The molecule has 92 valence electrons. The van der Waals surface area contributed by atoms with E-state index in [9.17, 15) is 4.79 Å². The molecule has 5 nitrogen and oxygen atoms in total. The fraction of sp³-hybridized carbons (Fsp3) is 0.500. The number of nitrogens with zero attached hydrogens (tertiary/aromatic N) is 2. The second-order valence-corrected chi connectivity index (χ2v) is 3.91. The number of aromatic amines is 1. The zero-order chi connectivity index (χ0) is 12.5. The highest BCUT2D eigenvalue weighted by Crippen LogP contribution is 2.06. The lowest BCUT2D eigenvalue weighted by atomic mass is 10.4. The SMILES string of the molecule is N#CCCN1CCCC1.Nc1ccc[nH]c1=O. The number of H-pyrrole nitrogens is 1. The second-order valence-electron chi connectivity index (χ2n) is 3.91. The molecule has 0 unspecified atom stereocenters. The Morgan fingerprint density at radius 1 is 1.47 bits per heavy atom. The van der Waals surface area contributed by atoms with Crippen molar-refractivity contribution in [3.05, 3.63) is 28.7 Å². The Bertz CT molecular complexity index is 415. The third-order valence-corrected chi connectivity index (χ3v) is 2.59. The molecule has 0 radical (unpaired) electrons. The van der Waals surface area contributed by atoms with Gasteiger partial charge in [-0.1, -0.05) is 0 Å². The number of nitrogens with two attached hydrogens (primary N) is 1. The van der Waals surface area contributed by atoms with Gasteiger partial charge in [0, 0.05) is 19.2 Å². The van der Waals surface area contributed by atoms with E-state index in [4.69, 9.17) is 11.0 Å². The molecule has 1 saturated heterocycles. The number of hydrogen-bond acceptors (Lipinski definition) is 4. The summed E-state index contributed by atoms with van der Waals surface area (Å²) in [6, 6.07) is 5.38. The van der Waals surface area contributed by atoms with E-state index in [2.05, 4.69) is 16.0 Å². The fourth-order valence-electron chi connectivity index (χ4n) is 1.65. The quantitative estimate of drug-likeness (QED) is 0.797. The van der Waals surface area contributed by atoms with Crippen molar-refractivity contribution in [2.24, 2.45) is 0 Å². The Hall–Kier alpha value is -1.80. The first-order valence-electron chi connectivity index (χ1n) is 5.76. The first kappa shape index (κ1) is 13.3. The summed E-state index contributed by atoms with van der Waals surface area (Å²) in [5.41, 5.74) is 5.20. The first-order valence-corrected chi connectivity index (χ1v) is 5.76. The maximum atomic E-state index is 10.4. The topological polar surface area (TPSA) is 85.9 Å². The zero-order valence-corrected chi connectivity index (χ0v) is 9.85. The molecule has 17 heavy (non-hydrogen) atoms. The number of aromatic nitrogens is 1. The van der Waals surface area contributed by atoms with Crippen LogP contribution in [0.5, 0.6) is 0 Å². The van der Waals surface area contributed by atoms with Gasteiger partial charge >= 0.3 is 0 Å². The highest BCUT2D eigenvalue weighted by atomic mass is 16.1. The van der Waals surface area contributed by atoms with Crippen molar-refractivity contribution in [1.29, 1.82) is 5.26 Å². The average Bonchev–Trinajstić information content (AvgIpc) is 2.84. The maximum Gasteiger partial charge on any atom is 0.271 e. The van der Waals surface area contributed by atoms with Gasteiger partial charge in [-0.05, 0) is 38.1 Å². The standard InChI is InChI=1S/C7H12N2.C5H6N2O/c8-4-3-7-9-5-1-2-6-9;6-4-2-1-3-7-5(4)8/h1-3,5-7H2;1-3H,6H2,(H,7,8). The molecule has 2 heterocycles. The van der Waals surface area contributed by atoms with Crippen LogP contribution in [0.3, 0.4) is 0 Å². The van der Waals surface area contributed by atoms with Crippen LogP contribution in [0.2, 0.25) is 0 Å². The minimum absolute atomic E-state index is 0.229. The largest absolute Gasteiger partial charge is 0.394 e. The van der Waals surface area contributed by atoms with E-state index in [1.54, 1.807) is 18.3 Å². The van der Waals surface area contributed by atoms with Crippen molar-refractivity contribution in [3.63, 3.8) is 0 Å². The van der Waals surface area contributed by atoms with E-state index in [1.807, 2.05) is 0 Å². The summed E-state index contributed by atoms with van der Waals surface area (Å²) in [5.74, 6) is 0. The lowest BCUT2D eigenvalue weighted by molar-refractivity contribution is 0.347. The Balaban J connectivity index is 0.000000171. The van der Waals surface area contributed by atoms with Crippen LogP contribution in [0, 0.1) is 11.3 Å². The number of nitrogens with one attached hydrogen (secondary N) is 1. The minimum atomic E-state index is -0.229. The van der Waals surface area contributed by atoms with Crippen molar-refractivity contribution in [1.82, 2.24) is 9.88 Å². The van der Waals surface area contributed by atoms with E-state index < -0.39 is 0 Å². The number of pyridine rings is 1. The molecule has 0 atom stereocenters. The van der Waals surface area contributed by atoms with Crippen LogP contribution in [-0.4, -0.2) is 29.5 Å². The van der Waals surface area contributed by atoms with Gasteiger partial charge in [0.05, 0.1) is 11.8 Å². The number of anilines is 1. The van der Waals surface area contributed by atoms with Crippen molar-refractivity contribution in [3.8, 4) is 6.07 Å². The number of nitrogen functional groups attached to an aromatic ring is 1. The monoisotopic (exact) mass is 234 g/mol. The Kier molecular flexibility index (Phi) is 5.83. The molecular formula is C12H18N4O. The summed E-state index contributed by atoms with van der Waals surface area (Å²) < 4.78 is 0. The lowest BCUT2D eigenvalue weighted by Gasteiger charge is -2.10. The molecule has 1 aliphatic rings. The number of likely N-dealkylation sites (tertiary alicyclic amines) is 1. The Morgan fingerprint density at radius 2 is 2.18 bits per heavy atom. The molecule has 1 aromatic rings. The molecule has 0 spiro atoms. The summed E-state index contributed by atoms with van der Waals surface area (Å²) in [4.78, 5) is 15.2. The van der Waals surface area contributed by atoms with Gasteiger partial charge < -0.3 is 15.6 Å². The molecule has 5 heteroatoms. The van der Waals surface area contributed by atoms with Crippen molar-refractivity contribution >= 4 is 5.69 Å². The molecule has 0 bridgehead atoms. The summed E-state index contributed by atoms with van der Waals surface area (Å²) >= 11 is 0. The average molecular weight is 234 g/mol. The van der Waals surface area contributed by atoms with Crippen molar-refractivity contribution in [2.75, 3.05) is 25.4 Å². The number of nitriles is 1. The zero-order valence-electron chi connectivity index (χ0n) is 9.85. The predicted molar refractivity (Wildman–Crippen MR) is 67.4 cm³/mol. The van der Waals surface area contributed by atoms with Gasteiger partial charge in [-0.15, -0.1) is 0 Å². The number of hydrogen-bond donors (Lipinski definition) is 2. The molecule has 0 aliphatic carbocycles. The summed E-state index contributed by atoms with van der Waals surface area (Å²) in [6.45, 7) is 3.40. The van der Waals surface area contributed by atoms with Crippen LogP contribution in [0.25, 0.3) is 0 Å². The predicted octanol–water partition coefficient (Wildman–Crippen LogP) is 0.953. The van der Waals surface area contributed by atoms with Gasteiger partial charge in [0.15, 0.2) is 0 Å². The van der Waals surface area contributed by atoms with Crippen LogP contribution in [0.4, 0.5) is 5.69 Å². The smallest absolute Gasteiger partial charge is 0.271 e. The number of rotatable bonds is 2. The van der Waals surface area contributed by atoms with Crippen LogP contribution in [0.15, 0.2) is 23.1 Å². The van der Waals surface area contributed by atoms with Gasteiger partial charge in [-0.2, -0.15) is 5.26 Å². The highest BCUT2D eigenvalue weighted by molar-refractivity contribution is 5.32. The molecule has 1 aromatic heterocycles. The van der Waals surface area contributed by atoms with Gasteiger partial charge in [0.1, 0.15) is 0 Å². The molecular weight excluding hydrogens is 216 g/mol. The lowest BCUT2D eigenvalue weighted by Crippen LogP contribution is -2.19. The summed E-state index contributed by atoms with van der Waals surface area (Å²) in [7, 11) is 0. The van der Waals surface area contributed by atoms with E-state index in [0.717, 1.165) is 6.54 Å². The van der Waals surface area contributed by atoms with Gasteiger partial charge in [-0.3, -0.25) is 4.79 Å². The van der Waals surface area contributed by atoms with Crippen LogP contribution >= 0.6 is 0 Å². The van der Waals surface area contributed by atoms with Crippen LogP contribution < -0.4 is 11.3 Å². The summed E-state index contributed by atoms with van der Waals surface area (Å²) in [5, 5.41) is 8.25. The van der Waals surface area contributed by atoms with E-state index in [-0.39, 0.29) is 11.2 Å². The molecule has 3 N–H and O–H groups in total. The van der Waals surface area contributed by atoms with Crippen molar-refractivity contribution in [2.45, 2.75) is 19.3 Å². The highest BCUT2D eigenvalue weighted by Gasteiger charge is 2.09. The fourth-order valence-corrected chi connectivity index (χ4v) is 1.65. The third-order valence-electron chi connectivity index (χ3n) is 2.59. The molecule has 1 aliphatic heterocycles. The molecule has 1 fully saturated rings. The van der Waals surface area contributed by atoms with Crippen molar-refractivity contribution < 1.29 is 0 Å². The van der Waals surface area contributed by atoms with Gasteiger partial charge in [0.25, 0.3) is 5.56 Å². The second kappa shape index (κ2) is 7.47. The molecule has 0 saturated carbocycles. The summed E-state index contributed by atoms with van der Waals surface area (Å²) in [6.07, 6.45) is 4.88. The molecule has 2 rings (SSSR count). The van der Waals surface area contributed by atoms with E-state index in [0.29, 0.717) is 6.42 Å². The maximum absolute atomic E-state index is 10.4. The minimum Gasteiger partial charge on any atom is -0.394 e. The van der Waals surface area contributed by atoms with Gasteiger partial charge in [-0.25, -0.2) is 0 Å². The molecule has 0 aromatic carbocycles. The first-order chi connectivity index (χ1) is 8.24. The van der Waals surface area contributed by atoms with E-state index >= 15 is 0 Å². The van der Waals surface area contributed by atoms with Gasteiger partial charge in [0.2, 0.25) is 0 Å². The Labute approximate surface area is 101 Å². The molecule has 0 amide bonds. The normalized spacial score (nSPS) is 14.8. The van der Waals surface area contributed by atoms with Crippen LogP contribution in [0.1, 0.15) is 19.3 Å².